The standard InChI is InChI=1S/C23H24N2O6S/c1-29-18-11-9-17(10-12-18)21-15-19(31-24-21)16-30-23(26)20-7-3-4-8-22(20)32(27,28)25-13-5-2-6-14-25/h3-4,7-12,15H,2,5-6,13-14,16H2,1H3. The summed E-state index contributed by atoms with van der Waals surface area (Å²) in [5.41, 5.74) is 1.42. The number of ether oxygens (including phenoxy) is 2. The first-order valence-corrected chi connectivity index (χ1v) is 11.8. The van der Waals surface area contributed by atoms with Gasteiger partial charge in [0.05, 0.1) is 17.6 Å². The van der Waals surface area contributed by atoms with Gasteiger partial charge in [-0.05, 0) is 49.2 Å². The number of hydrogen-bond acceptors (Lipinski definition) is 7. The molecular formula is C23H24N2O6S. The Morgan fingerprint density at radius 2 is 1.78 bits per heavy atom. The van der Waals surface area contributed by atoms with E-state index in [2.05, 4.69) is 5.16 Å². The summed E-state index contributed by atoms with van der Waals surface area (Å²) in [4.78, 5) is 12.7. The Kier molecular flexibility index (Phi) is 6.57. The molecular weight excluding hydrogens is 432 g/mol. The smallest absolute Gasteiger partial charge is 0.339 e. The normalized spacial score (nSPS) is 14.8. The molecule has 4 rings (SSSR count). The number of esters is 1. The van der Waals surface area contributed by atoms with Crippen molar-refractivity contribution in [2.45, 2.75) is 30.8 Å². The van der Waals surface area contributed by atoms with E-state index in [1.807, 2.05) is 24.3 Å². The third-order valence-corrected chi connectivity index (χ3v) is 7.29. The summed E-state index contributed by atoms with van der Waals surface area (Å²) >= 11 is 0. The molecule has 0 N–H and O–H groups in total. The number of piperidine rings is 1. The molecule has 9 heteroatoms. The monoisotopic (exact) mass is 456 g/mol. The van der Waals surface area contributed by atoms with E-state index in [-0.39, 0.29) is 17.1 Å². The maximum atomic E-state index is 13.1. The van der Waals surface area contributed by atoms with E-state index in [1.165, 1.54) is 16.4 Å². The minimum atomic E-state index is -3.77. The van der Waals surface area contributed by atoms with Crippen molar-refractivity contribution in [2.75, 3.05) is 20.2 Å². The van der Waals surface area contributed by atoms with E-state index in [4.69, 9.17) is 14.0 Å². The lowest BCUT2D eigenvalue weighted by molar-refractivity contribution is 0.0432. The van der Waals surface area contributed by atoms with Crippen LogP contribution < -0.4 is 4.74 Å². The van der Waals surface area contributed by atoms with E-state index in [9.17, 15) is 13.2 Å². The highest BCUT2D eigenvalue weighted by atomic mass is 32.2. The lowest BCUT2D eigenvalue weighted by Gasteiger charge is -2.26. The summed E-state index contributed by atoms with van der Waals surface area (Å²) in [5.74, 6) is 0.341. The zero-order chi connectivity index (χ0) is 22.6. The van der Waals surface area contributed by atoms with Gasteiger partial charge in [0.25, 0.3) is 0 Å². The molecule has 0 saturated carbocycles. The van der Waals surface area contributed by atoms with Crippen LogP contribution in [0.3, 0.4) is 0 Å². The summed E-state index contributed by atoms with van der Waals surface area (Å²) in [5, 5.41) is 4.00. The SMILES string of the molecule is COc1ccc(-c2cc(COC(=O)c3ccccc3S(=O)(=O)N3CCCCC3)on2)cc1. The van der Waals surface area contributed by atoms with Crippen LogP contribution in [-0.2, 0) is 21.4 Å². The summed E-state index contributed by atoms with van der Waals surface area (Å²) in [6.45, 7) is 0.746. The second kappa shape index (κ2) is 9.54. The Morgan fingerprint density at radius 3 is 2.50 bits per heavy atom. The minimum Gasteiger partial charge on any atom is -0.497 e. The summed E-state index contributed by atoms with van der Waals surface area (Å²) in [7, 11) is -2.18. The first-order chi connectivity index (χ1) is 15.5. The second-order valence-electron chi connectivity index (χ2n) is 7.44. The van der Waals surface area contributed by atoms with Crippen molar-refractivity contribution < 1.29 is 27.2 Å². The topological polar surface area (TPSA) is 98.9 Å². The van der Waals surface area contributed by atoms with Crippen molar-refractivity contribution in [3.63, 3.8) is 0 Å². The predicted molar refractivity (Wildman–Crippen MR) is 117 cm³/mol. The largest absolute Gasteiger partial charge is 0.497 e. The molecule has 8 nitrogen and oxygen atoms in total. The van der Waals surface area contributed by atoms with Crippen molar-refractivity contribution in [3.05, 3.63) is 65.9 Å². The van der Waals surface area contributed by atoms with Crippen molar-refractivity contribution in [3.8, 4) is 17.0 Å². The molecule has 0 atom stereocenters. The molecule has 2 aromatic carbocycles. The highest BCUT2D eigenvalue weighted by Crippen LogP contribution is 2.25. The van der Waals surface area contributed by atoms with Gasteiger partial charge in [-0.25, -0.2) is 13.2 Å². The van der Waals surface area contributed by atoms with Crippen LogP contribution in [0.15, 0.2) is 64.0 Å². The molecule has 1 saturated heterocycles. The Labute approximate surface area is 186 Å². The zero-order valence-corrected chi connectivity index (χ0v) is 18.5. The van der Waals surface area contributed by atoms with Crippen molar-refractivity contribution in [1.82, 2.24) is 9.46 Å². The fourth-order valence-corrected chi connectivity index (χ4v) is 5.29. The number of hydrogen-bond donors (Lipinski definition) is 0. The van der Waals surface area contributed by atoms with E-state index in [1.54, 1.807) is 25.3 Å². The lowest BCUT2D eigenvalue weighted by atomic mass is 10.1. The van der Waals surface area contributed by atoms with Gasteiger partial charge in [-0.3, -0.25) is 0 Å². The second-order valence-corrected chi connectivity index (χ2v) is 9.35. The Morgan fingerprint density at radius 1 is 1.06 bits per heavy atom. The number of rotatable bonds is 7. The lowest BCUT2D eigenvalue weighted by Crippen LogP contribution is -2.36. The number of aromatic nitrogens is 1. The molecule has 168 valence electrons. The number of methoxy groups -OCH3 is 1. The van der Waals surface area contributed by atoms with Crippen molar-refractivity contribution >= 4 is 16.0 Å². The molecule has 0 aliphatic carbocycles. The highest BCUT2D eigenvalue weighted by molar-refractivity contribution is 7.89. The molecule has 1 aliphatic heterocycles. The quantitative estimate of drug-likeness (QED) is 0.498. The summed E-state index contributed by atoms with van der Waals surface area (Å²) in [6.07, 6.45) is 2.63. The molecule has 1 fully saturated rings. The van der Waals surface area contributed by atoms with Gasteiger partial charge in [0.1, 0.15) is 11.4 Å². The van der Waals surface area contributed by atoms with Crippen LogP contribution in [-0.4, -0.2) is 44.0 Å². The first kappa shape index (κ1) is 22.0. The van der Waals surface area contributed by atoms with Gasteiger partial charge in [-0.1, -0.05) is 23.7 Å². The number of carbonyl (C=O) groups is 1. The Bertz CT molecular complexity index is 1180. The van der Waals surface area contributed by atoms with Gasteiger partial charge < -0.3 is 14.0 Å². The average molecular weight is 457 g/mol. The van der Waals surface area contributed by atoms with Gasteiger partial charge in [-0.15, -0.1) is 0 Å². The van der Waals surface area contributed by atoms with E-state index in [0.717, 1.165) is 30.6 Å². The number of sulfonamides is 1. The molecule has 0 unspecified atom stereocenters. The minimum absolute atomic E-state index is 0.00738. The Balaban J connectivity index is 1.47. The van der Waals surface area contributed by atoms with Crippen LogP contribution in [0.4, 0.5) is 0 Å². The fraction of sp³-hybridized carbons (Fsp3) is 0.304. The highest BCUT2D eigenvalue weighted by Gasteiger charge is 2.30. The molecule has 3 aromatic rings. The van der Waals surface area contributed by atoms with E-state index in [0.29, 0.717) is 24.5 Å². The van der Waals surface area contributed by atoms with Crippen LogP contribution in [0.25, 0.3) is 11.3 Å². The van der Waals surface area contributed by atoms with Crippen LogP contribution in [0.2, 0.25) is 0 Å². The van der Waals surface area contributed by atoms with E-state index < -0.39 is 16.0 Å². The maximum Gasteiger partial charge on any atom is 0.339 e. The molecule has 1 aromatic heterocycles. The fourth-order valence-electron chi connectivity index (χ4n) is 3.60. The summed E-state index contributed by atoms with van der Waals surface area (Å²) in [6, 6.07) is 15.1. The van der Waals surface area contributed by atoms with Crippen molar-refractivity contribution in [2.24, 2.45) is 0 Å². The first-order valence-electron chi connectivity index (χ1n) is 10.4. The van der Waals surface area contributed by atoms with Gasteiger partial charge in [0, 0.05) is 24.7 Å². The molecule has 0 amide bonds. The molecule has 1 aliphatic rings. The Hall–Kier alpha value is -3.17. The maximum absolute atomic E-state index is 13.1. The van der Waals surface area contributed by atoms with Gasteiger partial charge >= 0.3 is 5.97 Å². The van der Waals surface area contributed by atoms with Crippen molar-refractivity contribution in [1.29, 1.82) is 0 Å². The number of benzene rings is 2. The summed E-state index contributed by atoms with van der Waals surface area (Å²) < 4.78 is 43.3. The van der Waals surface area contributed by atoms with Gasteiger partial charge in [-0.2, -0.15) is 4.31 Å². The van der Waals surface area contributed by atoms with Gasteiger partial charge in [0.2, 0.25) is 10.0 Å². The zero-order valence-electron chi connectivity index (χ0n) is 17.7. The molecule has 0 radical (unpaired) electrons. The van der Waals surface area contributed by atoms with E-state index >= 15 is 0 Å². The number of nitrogens with zero attached hydrogens (tertiary/aromatic N) is 2. The predicted octanol–water partition coefficient (Wildman–Crippen LogP) is 3.88. The molecule has 0 bridgehead atoms. The molecule has 0 spiro atoms. The molecule has 2 heterocycles. The average Bonchev–Trinajstić information content (AvgIpc) is 3.32. The third-order valence-electron chi connectivity index (χ3n) is 5.33. The van der Waals surface area contributed by atoms with Gasteiger partial charge in [0.15, 0.2) is 12.4 Å². The van der Waals surface area contributed by atoms with Crippen LogP contribution >= 0.6 is 0 Å². The van der Waals surface area contributed by atoms with Crippen LogP contribution in [0.1, 0.15) is 35.4 Å². The van der Waals surface area contributed by atoms with Crippen LogP contribution in [0, 0.1) is 0 Å². The van der Waals surface area contributed by atoms with Crippen LogP contribution in [0.5, 0.6) is 5.75 Å². The number of carbonyl (C=O) groups excluding carboxylic acids is 1. The third kappa shape index (κ3) is 4.68. The molecule has 32 heavy (non-hydrogen) atoms.